The Kier molecular flexibility index (Phi) is 2.60. The van der Waals surface area contributed by atoms with Crippen molar-refractivity contribution in [1.82, 2.24) is 15.4 Å². The van der Waals surface area contributed by atoms with Gasteiger partial charge >= 0.3 is 6.01 Å². The molecule has 0 atom stereocenters. The summed E-state index contributed by atoms with van der Waals surface area (Å²) in [4.78, 5) is 11.7. The van der Waals surface area contributed by atoms with Crippen molar-refractivity contribution in [3.8, 4) is 11.7 Å². The quantitative estimate of drug-likeness (QED) is 0.765. The predicted octanol–water partition coefficient (Wildman–Crippen LogP) is 1.88. The summed E-state index contributed by atoms with van der Waals surface area (Å²) in [5.41, 5.74) is 0.134. The molecule has 0 saturated carbocycles. The lowest BCUT2D eigenvalue weighted by Crippen LogP contribution is -2.12. The van der Waals surface area contributed by atoms with Gasteiger partial charge in [-0.1, -0.05) is 10.3 Å². The van der Waals surface area contributed by atoms with Crippen LogP contribution in [0.2, 0.25) is 0 Å². The Morgan fingerprint density at radius 2 is 2.26 bits per heavy atom. The summed E-state index contributed by atoms with van der Waals surface area (Å²) in [6.07, 6.45) is 1.48. The van der Waals surface area contributed by atoms with E-state index in [9.17, 15) is 4.79 Å². The fourth-order valence-electron chi connectivity index (χ4n) is 1.41. The van der Waals surface area contributed by atoms with Crippen LogP contribution in [-0.2, 0) is 0 Å². The first kappa shape index (κ1) is 11.2. The van der Waals surface area contributed by atoms with Gasteiger partial charge in [-0.3, -0.25) is 10.1 Å². The minimum absolute atomic E-state index is 0.0444. The Labute approximate surface area is 106 Å². The van der Waals surface area contributed by atoms with E-state index in [4.69, 9.17) is 13.4 Å². The molecule has 19 heavy (non-hydrogen) atoms. The minimum atomic E-state index is -0.494. The smallest absolute Gasteiger partial charge is 0.322 e. The first-order chi connectivity index (χ1) is 9.22. The number of nitrogens with zero attached hydrogens (tertiary/aromatic N) is 3. The maximum atomic E-state index is 11.7. The van der Waals surface area contributed by atoms with Crippen LogP contribution in [0.25, 0.3) is 11.7 Å². The summed E-state index contributed by atoms with van der Waals surface area (Å²) < 4.78 is 15.1. The number of amides is 1. The lowest BCUT2D eigenvalue weighted by atomic mass is 10.3. The number of furan rings is 1. The Hall–Kier alpha value is -2.90. The van der Waals surface area contributed by atoms with E-state index in [0.717, 1.165) is 0 Å². The van der Waals surface area contributed by atoms with Crippen LogP contribution in [0.1, 0.15) is 16.2 Å². The van der Waals surface area contributed by atoms with Crippen LogP contribution in [0.5, 0.6) is 0 Å². The first-order valence-corrected chi connectivity index (χ1v) is 5.34. The summed E-state index contributed by atoms with van der Waals surface area (Å²) in [7, 11) is 0. The molecule has 1 amide bonds. The van der Waals surface area contributed by atoms with Gasteiger partial charge < -0.3 is 13.4 Å². The Morgan fingerprint density at radius 3 is 2.95 bits per heavy atom. The van der Waals surface area contributed by atoms with E-state index < -0.39 is 5.91 Å². The SMILES string of the molecule is Cc1cc(C(=O)Nc2nnc(-c3ccco3)o2)no1. The van der Waals surface area contributed by atoms with E-state index in [-0.39, 0.29) is 17.6 Å². The molecule has 0 aliphatic carbocycles. The summed E-state index contributed by atoms with van der Waals surface area (Å²) in [5.74, 6) is 0.639. The highest BCUT2D eigenvalue weighted by Gasteiger charge is 2.16. The zero-order chi connectivity index (χ0) is 13.2. The number of rotatable bonds is 3. The zero-order valence-electron chi connectivity index (χ0n) is 9.78. The van der Waals surface area contributed by atoms with E-state index in [0.29, 0.717) is 11.5 Å². The van der Waals surface area contributed by atoms with Crippen LogP contribution in [0.3, 0.4) is 0 Å². The summed E-state index contributed by atoms with van der Waals surface area (Å²) in [6, 6.07) is 4.81. The van der Waals surface area contributed by atoms with E-state index in [1.54, 1.807) is 19.1 Å². The lowest BCUT2D eigenvalue weighted by Gasteiger charge is -1.94. The fraction of sp³-hybridized carbons (Fsp3) is 0.0909. The normalized spacial score (nSPS) is 10.6. The van der Waals surface area contributed by atoms with Gasteiger partial charge in [-0.25, -0.2) is 0 Å². The van der Waals surface area contributed by atoms with E-state index in [1.807, 2.05) is 0 Å². The van der Waals surface area contributed by atoms with Gasteiger partial charge in [0.1, 0.15) is 5.76 Å². The van der Waals surface area contributed by atoms with Crippen molar-refractivity contribution in [2.45, 2.75) is 6.92 Å². The van der Waals surface area contributed by atoms with Crippen LogP contribution < -0.4 is 5.32 Å². The molecular weight excluding hydrogens is 252 g/mol. The number of hydrogen-bond donors (Lipinski definition) is 1. The second kappa shape index (κ2) is 4.41. The number of carbonyl (C=O) groups excluding carboxylic acids is 1. The number of aryl methyl sites for hydroxylation is 1. The minimum Gasteiger partial charge on any atom is -0.459 e. The first-order valence-electron chi connectivity index (χ1n) is 5.34. The molecule has 0 radical (unpaired) electrons. The summed E-state index contributed by atoms with van der Waals surface area (Å²) in [6.45, 7) is 1.69. The van der Waals surface area contributed by atoms with Crippen LogP contribution in [-0.4, -0.2) is 21.3 Å². The van der Waals surface area contributed by atoms with Crippen LogP contribution in [0, 0.1) is 6.92 Å². The highest BCUT2D eigenvalue weighted by atomic mass is 16.5. The average molecular weight is 260 g/mol. The third-order valence-electron chi connectivity index (χ3n) is 2.24. The van der Waals surface area contributed by atoms with Crippen LogP contribution >= 0.6 is 0 Å². The number of nitrogens with one attached hydrogen (secondary N) is 1. The van der Waals surface area contributed by atoms with Gasteiger partial charge in [0.15, 0.2) is 11.5 Å². The molecule has 1 N–H and O–H groups in total. The van der Waals surface area contributed by atoms with Gasteiger partial charge in [-0.05, 0) is 19.1 Å². The molecule has 0 aromatic carbocycles. The van der Waals surface area contributed by atoms with Gasteiger partial charge in [-0.15, -0.1) is 5.10 Å². The van der Waals surface area contributed by atoms with Crippen molar-refractivity contribution < 1.29 is 18.2 Å². The van der Waals surface area contributed by atoms with Crippen molar-refractivity contribution >= 4 is 11.9 Å². The Balaban J connectivity index is 1.76. The molecule has 3 rings (SSSR count). The standard InChI is InChI=1S/C11H8N4O4/c1-6-5-7(15-19-6)9(16)12-11-14-13-10(18-11)8-3-2-4-17-8/h2-5H,1H3,(H,12,14,16). The number of carbonyl (C=O) groups is 1. The maximum absolute atomic E-state index is 11.7. The summed E-state index contributed by atoms with van der Waals surface area (Å²) in [5, 5.41) is 13.4. The van der Waals surface area contributed by atoms with E-state index in [2.05, 4.69) is 20.7 Å². The molecule has 0 unspecified atom stereocenters. The second-order valence-electron chi connectivity index (χ2n) is 3.67. The van der Waals surface area contributed by atoms with Gasteiger partial charge in [0.25, 0.3) is 11.8 Å². The molecule has 0 aliphatic heterocycles. The average Bonchev–Trinajstić information content (AvgIpc) is 3.07. The third-order valence-corrected chi connectivity index (χ3v) is 2.24. The Bertz CT molecular complexity index is 698. The lowest BCUT2D eigenvalue weighted by molar-refractivity contribution is 0.101. The molecule has 0 spiro atoms. The molecule has 96 valence electrons. The second-order valence-corrected chi connectivity index (χ2v) is 3.67. The molecule has 0 aliphatic rings. The largest absolute Gasteiger partial charge is 0.459 e. The zero-order valence-corrected chi connectivity index (χ0v) is 9.78. The molecule has 8 nitrogen and oxygen atoms in total. The topological polar surface area (TPSA) is 107 Å². The van der Waals surface area contributed by atoms with Crippen molar-refractivity contribution in [2.24, 2.45) is 0 Å². The van der Waals surface area contributed by atoms with Gasteiger partial charge in [-0.2, -0.15) is 0 Å². The van der Waals surface area contributed by atoms with Gasteiger partial charge in [0, 0.05) is 6.07 Å². The molecule has 0 bridgehead atoms. The number of aromatic nitrogens is 3. The molecule has 3 heterocycles. The Morgan fingerprint density at radius 1 is 1.37 bits per heavy atom. The number of anilines is 1. The van der Waals surface area contributed by atoms with Crippen molar-refractivity contribution in [3.05, 3.63) is 35.9 Å². The molecule has 0 saturated heterocycles. The molecule has 0 fully saturated rings. The van der Waals surface area contributed by atoms with Crippen molar-refractivity contribution in [2.75, 3.05) is 5.32 Å². The van der Waals surface area contributed by atoms with E-state index >= 15 is 0 Å². The van der Waals surface area contributed by atoms with Crippen LogP contribution in [0.4, 0.5) is 6.01 Å². The molecule has 3 aromatic rings. The van der Waals surface area contributed by atoms with Gasteiger partial charge in [0.05, 0.1) is 6.26 Å². The predicted molar refractivity (Wildman–Crippen MR) is 61.2 cm³/mol. The maximum Gasteiger partial charge on any atom is 0.322 e. The van der Waals surface area contributed by atoms with E-state index in [1.165, 1.54) is 12.3 Å². The summed E-state index contributed by atoms with van der Waals surface area (Å²) >= 11 is 0. The van der Waals surface area contributed by atoms with Gasteiger partial charge in [0.2, 0.25) is 0 Å². The van der Waals surface area contributed by atoms with Crippen LogP contribution in [0.15, 0.2) is 37.8 Å². The molecular formula is C11H8N4O4. The molecule has 3 aromatic heterocycles. The highest BCUT2D eigenvalue weighted by Crippen LogP contribution is 2.20. The highest BCUT2D eigenvalue weighted by molar-refractivity contribution is 6.01. The third kappa shape index (κ3) is 2.23. The fourth-order valence-corrected chi connectivity index (χ4v) is 1.41. The number of hydrogen-bond acceptors (Lipinski definition) is 7. The van der Waals surface area contributed by atoms with Crippen molar-refractivity contribution in [1.29, 1.82) is 0 Å². The monoisotopic (exact) mass is 260 g/mol. The molecule has 8 heteroatoms. The van der Waals surface area contributed by atoms with Crippen molar-refractivity contribution in [3.63, 3.8) is 0 Å².